The molecule has 3 aromatic carbocycles. The molecule has 0 aliphatic heterocycles. The number of para-hydroxylation sites is 1. The first kappa shape index (κ1) is 20.9. The Morgan fingerprint density at radius 2 is 1.63 bits per heavy atom. The van der Waals surface area contributed by atoms with Crippen molar-refractivity contribution in [3.05, 3.63) is 110 Å². The Hall–Kier alpha value is -3.78. The zero-order valence-corrected chi connectivity index (χ0v) is 17.1. The molecule has 2 amide bonds. The third kappa shape index (κ3) is 5.39. The van der Waals surface area contributed by atoms with Gasteiger partial charge in [-0.05, 0) is 42.5 Å². The highest BCUT2D eigenvalue weighted by molar-refractivity contribution is 9.10. The molecular formula is C22H16BrN3O4. The molecule has 30 heavy (non-hydrogen) atoms. The molecule has 3 rings (SSSR count). The molecule has 0 saturated carbocycles. The van der Waals surface area contributed by atoms with Crippen LogP contribution in [0, 0.1) is 10.1 Å². The Morgan fingerprint density at radius 3 is 2.33 bits per heavy atom. The fourth-order valence-electron chi connectivity index (χ4n) is 2.64. The van der Waals surface area contributed by atoms with Crippen molar-refractivity contribution >= 4 is 45.2 Å². The van der Waals surface area contributed by atoms with E-state index in [-0.39, 0.29) is 16.9 Å². The first-order valence-electron chi connectivity index (χ1n) is 8.82. The van der Waals surface area contributed by atoms with Crippen LogP contribution in [-0.4, -0.2) is 16.7 Å². The van der Waals surface area contributed by atoms with E-state index in [1.165, 1.54) is 24.3 Å². The number of carbonyl (C=O) groups is 2. The molecule has 7 nitrogen and oxygen atoms in total. The fourth-order valence-corrected chi connectivity index (χ4v) is 3.04. The minimum absolute atomic E-state index is 0.127. The molecule has 0 aliphatic carbocycles. The van der Waals surface area contributed by atoms with E-state index in [9.17, 15) is 19.7 Å². The van der Waals surface area contributed by atoms with Gasteiger partial charge in [0.2, 0.25) is 0 Å². The van der Waals surface area contributed by atoms with Crippen LogP contribution in [0.3, 0.4) is 0 Å². The van der Waals surface area contributed by atoms with E-state index < -0.39 is 16.7 Å². The van der Waals surface area contributed by atoms with Crippen LogP contribution in [0.1, 0.15) is 15.9 Å². The summed E-state index contributed by atoms with van der Waals surface area (Å²) in [5, 5.41) is 16.6. The van der Waals surface area contributed by atoms with Crippen molar-refractivity contribution in [1.29, 1.82) is 0 Å². The van der Waals surface area contributed by atoms with Crippen molar-refractivity contribution in [2.75, 3.05) is 5.32 Å². The predicted octanol–water partition coefficient (Wildman–Crippen LogP) is 4.77. The summed E-state index contributed by atoms with van der Waals surface area (Å²) in [6.07, 6.45) is 1.28. The van der Waals surface area contributed by atoms with Crippen LogP contribution in [0.4, 0.5) is 11.4 Å². The van der Waals surface area contributed by atoms with Crippen molar-refractivity contribution in [2.45, 2.75) is 0 Å². The largest absolute Gasteiger partial charge is 0.321 e. The average molecular weight is 466 g/mol. The van der Waals surface area contributed by atoms with Crippen molar-refractivity contribution in [2.24, 2.45) is 0 Å². The van der Waals surface area contributed by atoms with E-state index in [2.05, 4.69) is 26.6 Å². The summed E-state index contributed by atoms with van der Waals surface area (Å²) in [6, 6.07) is 21.3. The van der Waals surface area contributed by atoms with Crippen LogP contribution in [0.15, 0.2) is 89.0 Å². The zero-order chi connectivity index (χ0) is 21.5. The monoisotopic (exact) mass is 465 g/mol. The molecule has 0 bridgehead atoms. The summed E-state index contributed by atoms with van der Waals surface area (Å²) in [4.78, 5) is 36.3. The lowest BCUT2D eigenvalue weighted by Gasteiger charge is -2.12. The van der Waals surface area contributed by atoms with Crippen molar-refractivity contribution < 1.29 is 14.5 Å². The molecule has 0 radical (unpaired) electrons. The Labute approximate surface area is 180 Å². The van der Waals surface area contributed by atoms with Gasteiger partial charge in [0, 0.05) is 21.8 Å². The maximum absolute atomic E-state index is 12.9. The summed E-state index contributed by atoms with van der Waals surface area (Å²) in [5.74, 6) is -1.12. The minimum Gasteiger partial charge on any atom is -0.321 e. The van der Waals surface area contributed by atoms with Crippen LogP contribution >= 0.6 is 15.9 Å². The van der Waals surface area contributed by atoms with Crippen molar-refractivity contribution in [3.8, 4) is 0 Å². The van der Waals surface area contributed by atoms with Gasteiger partial charge in [-0.2, -0.15) is 0 Å². The number of halogens is 1. The molecule has 0 aromatic heterocycles. The molecule has 0 fully saturated rings. The molecule has 0 spiro atoms. The van der Waals surface area contributed by atoms with Crippen molar-refractivity contribution in [3.63, 3.8) is 0 Å². The lowest BCUT2D eigenvalue weighted by molar-refractivity contribution is -0.385. The molecule has 0 atom stereocenters. The molecule has 150 valence electrons. The van der Waals surface area contributed by atoms with Gasteiger partial charge in [0.05, 0.1) is 10.5 Å². The van der Waals surface area contributed by atoms with Gasteiger partial charge in [-0.3, -0.25) is 19.7 Å². The van der Waals surface area contributed by atoms with Crippen LogP contribution < -0.4 is 10.6 Å². The third-order valence-corrected chi connectivity index (χ3v) is 4.54. The third-order valence-electron chi connectivity index (χ3n) is 4.04. The topological polar surface area (TPSA) is 101 Å². The molecule has 3 aromatic rings. The number of anilines is 1. The Balaban J connectivity index is 1.97. The predicted molar refractivity (Wildman–Crippen MR) is 118 cm³/mol. The SMILES string of the molecule is O=C(Nc1cccc(Br)c1)/C(=C/c1ccccc1[N+](=O)[O-])NC(=O)c1ccccc1. The zero-order valence-electron chi connectivity index (χ0n) is 15.5. The van der Waals surface area contributed by atoms with E-state index in [1.54, 1.807) is 60.7 Å². The Morgan fingerprint density at radius 1 is 0.933 bits per heavy atom. The van der Waals surface area contributed by atoms with Crippen LogP contribution in [-0.2, 0) is 4.79 Å². The summed E-state index contributed by atoms with van der Waals surface area (Å²) in [7, 11) is 0. The van der Waals surface area contributed by atoms with Gasteiger partial charge >= 0.3 is 0 Å². The van der Waals surface area contributed by atoms with Crippen LogP contribution in [0.2, 0.25) is 0 Å². The average Bonchev–Trinajstić information content (AvgIpc) is 2.74. The lowest BCUT2D eigenvalue weighted by atomic mass is 10.1. The molecule has 0 aliphatic rings. The maximum atomic E-state index is 12.9. The molecule has 8 heteroatoms. The second-order valence-corrected chi connectivity index (χ2v) is 7.07. The summed E-state index contributed by atoms with van der Waals surface area (Å²) in [6.45, 7) is 0. The highest BCUT2D eigenvalue weighted by Gasteiger charge is 2.18. The molecule has 0 heterocycles. The number of nitro groups is 1. The minimum atomic E-state index is -0.615. The number of nitrogens with one attached hydrogen (secondary N) is 2. The number of nitrogens with zero attached hydrogens (tertiary/aromatic N) is 1. The fraction of sp³-hybridized carbons (Fsp3) is 0. The highest BCUT2D eigenvalue weighted by Crippen LogP contribution is 2.21. The summed E-state index contributed by atoms with van der Waals surface area (Å²) in [5.41, 5.74) is 0.727. The number of amides is 2. The first-order chi connectivity index (χ1) is 14.4. The van der Waals surface area contributed by atoms with Crippen LogP contribution in [0.25, 0.3) is 6.08 Å². The van der Waals surface area contributed by atoms with Gasteiger partial charge < -0.3 is 10.6 Å². The molecule has 0 saturated heterocycles. The van der Waals surface area contributed by atoms with Gasteiger partial charge in [-0.1, -0.05) is 52.3 Å². The van der Waals surface area contributed by atoms with E-state index >= 15 is 0 Å². The van der Waals surface area contributed by atoms with Gasteiger partial charge in [-0.15, -0.1) is 0 Å². The lowest BCUT2D eigenvalue weighted by Crippen LogP contribution is -2.30. The van der Waals surface area contributed by atoms with Gasteiger partial charge in [0.1, 0.15) is 5.70 Å². The van der Waals surface area contributed by atoms with E-state index in [4.69, 9.17) is 0 Å². The molecule has 0 unspecified atom stereocenters. The van der Waals surface area contributed by atoms with E-state index in [0.717, 1.165) is 4.47 Å². The van der Waals surface area contributed by atoms with Gasteiger partial charge in [-0.25, -0.2) is 0 Å². The van der Waals surface area contributed by atoms with Gasteiger partial charge in [0.15, 0.2) is 0 Å². The number of benzene rings is 3. The standard InChI is InChI=1S/C22H16BrN3O4/c23-17-10-6-11-18(14-17)24-22(28)19(25-21(27)15-7-2-1-3-8-15)13-16-9-4-5-12-20(16)26(29)30/h1-14H,(H,24,28)(H,25,27)/b19-13-. The number of nitro benzene ring substituents is 1. The number of hydrogen-bond acceptors (Lipinski definition) is 4. The van der Waals surface area contributed by atoms with E-state index in [1.807, 2.05) is 0 Å². The number of rotatable bonds is 6. The molecule has 2 N–H and O–H groups in total. The second-order valence-electron chi connectivity index (χ2n) is 6.16. The Kier molecular flexibility index (Phi) is 6.71. The molecular weight excluding hydrogens is 450 g/mol. The summed E-state index contributed by atoms with van der Waals surface area (Å²) < 4.78 is 0.762. The highest BCUT2D eigenvalue weighted by atomic mass is 79.9. The number of carbonyl (C=O) groups excluding carboxylic acids is 2. The van der Waals surface area contributed by atoms with Crippen molar-refractivity contribution in [1.82, 2.24) is 5.32 Å². The quantitative estimate of drug-likeness (QED) is 0.311. The maximum Gasteiger partial charge on any atom is 0.276 e. The van der Waals surface area contributed by atoms with Crippen LogP contribution in [0.5, 0.6) is 0 Å². The second kappa shape index (κ2) is 9.62. The number of hydrogen-bond donors (Lipinski definition) is 2. The smallest absolute Gasteiger partial charge is 0.276 e. The Bertz CT molecular complexity index is 1130. The van der Waals surface area contributed by atoms with E-state index in [0.29, 0.717) is 11.3 Å². The van der Waals surface area contributed by atoms with Gasteiger partial charge in [0.25, 0.3) is 17.5 Å². The normalized spacial score (nSPS) is 10.9. The first-order valence-corrected chi connectivity index (χ1v) is 9.62. The summed E-state index contributed by atoms with van der Waals surface area (Å²) >= 11 is 3.33.